The summed E-state index contributed by atoms with van der Waals surface area (Å²) in [6.07, 6.45) is 2.57. The van der Waals surface area contributed by atoms with Crippen molar-refractivity contribution in [3.63, 3.8) is 0 Å². The number of carbonyl (C=O) groups excluding carboxylic acids is 5. The van der Waals surface area contributed by atoms with Gasteiger partial charge in [-0.15, -0.1) is 0 Å². The van der Waals surface area contributed by atoms with Crippen LogP contribution in [0.15, 0.2) is 54.6 Å². The Labute approximate surface area is 243 Å². The number of phenols is 1. The number of nitrogens with one attached hydrogen (secondary N) is 3. The highest BCUT2D eigenvalue weighted by Crippen LogP contribution is 2.11. The number of rotatable bonds is 16. The third kappa shape index (κ3) is 11.9. The molecule has 0 fully saturated rings. The second-order valence-electron chi connectivity index (χ2n) is 9.50. The number of phenolic OH excluding ortho intramolecular Hbond substituents is 1. The lowest BCUT2D eigenvalue weighted by Crippen LogP contribution is -2.55. The van der Waals surface area contributed by atoms with Gasteiger partial charge in [0.25, 0.3) is 0 Å². The predicted molar refractivity (Wildman–Crippen MR) is 157 cm³/mol. The molecule has 13 heteroatoms. The van der Waals surface area contributed by atoms with Crippen molar-refractivity contribution in [3.8, 4) is 5.75 Å². The van der Waals surface area contributed by atoms with Crippen LogP contribution in [0.5, 0.6) is 5.75 Å². The van der Waals surface area contributed by atoms with Crippen molar-refractivity contribution >= 4 is 41.3 Å². The van der Waals surface area contributed by atoms with Crippen molar-refractivity contribution in [2.75, 3.05) is 32.1 Å². The summed E-state index contributed by atoms with van der Waals surface area (Å²) in [7, 11) is 1.39. The molecule has 222 valence electrons. The fourth-order valence-corrected chi connectivity index (χ4v) is 4.28. The summed E-state index contributed by atoms with van der Waals surface area (Å²) < 4.78 is 0. The summed E-state index contributed by atoms with van der Waals surface area (Å²) in [5, 5.41) is 17.1. The Morgan fingerprint density at radius 3 is 2.15 bits per heavy atom. The Balaban J connectivity index is 1.94. The van der Waals surface area contributed by atoms with E-state index in [2.05, 4.69) is 16.0 Å². The van der Waals surface area contributed by atoms with E-state index in [1.165, 1.54) is 30.9 Å². The highest BCUT2D eigenvalue weighted by molar-refractivity contribution is 7.98. The molecule has 0 unspecified atom stereocenters. The van der Waals surface area contributed by atoms with Crippen molar-refractivity contribution in [1.29, 1.82) is 0 Å². The van der Waals surface area contributed by atoms with Gasteiger partial charge in [-0.2, -0.15) is 11.8 Å². The number of hydrogen-bond acceptors (Lipinski definition) is 8. The number of likely N-dealkylation sites (N-methyl/N-ethyl adjacent to an activating group) is 1. The number of carbonyl (C=O) groups is 5. The Kier molecular flexibility index (Phi) is 13.6. The molecule has 41 heavy (non-hydrogen) atoms. The molecule has 12 nitrogen and oxygen atoms in total. The minimum atomic E-state index is -1.03. The van der Waals surface area contributed by atoms with E-state index in [-0.39, 0.29) is 31.7 Å². The van der Waals surface area contributed by atoms with Crippen molar-refractivity contribution in [2.45, 2.75) is 37.4 Å². The summed E-state index contributed by atoms with van der Waals surface area (Å²) in [6, 6.07) is 12.4. The summed E-state index contributed by atoms with van der Waals surface area (Å²) >= 11 is 1.51. The minimum absolute atomic E-state index is 0.0949. The molecule has 0 aliphatic carbocycles. The van der Waals surface area contributed by atoms with Gasteiger partial charge < -0.3 is 37.4 Å². The van der Waals surface area contributed by atoms with Gasteiger partial charge in [-0.3, -0.25) is 24.0 Å². The molecule has 0 bridgehead atoms. The first kappa shape index (κ1) is 33.1. The Hall–Kier alpha value is -4.10. The van der Waals surface area contributed by atoms with E-state index in [4.69, 9.17) is 11.5 Å². The van der Waals surface area contributed by atoms with E-state index in [0.717, 1.165) is 16.0 Å². The average molecular weight is 587 g/mol. The van der Waals surface area contributed by atoms with E-state index in [0.29, 0.717) is 12.2 Å². The number of amides is 5. The lowest BCUT2D eigenvalue weighted by atomic mass is 10.0. The van der Waals surface area contributed by atoms with Gasteiger partial charge >= 0.3 is 0 Å². The SMILES string of the molecule is CSCC[C@H](NC(=O)[C@H](Cc1ccccc1)NC(=O)CN(C)C(=O)CNC(=O)[C@@H](N)Cc1ccc(O)cc1)C(N)=O. The molecule has 2 aromatic carbocycles. The molecular formula is C28H38N6O6S. The number of benzene rings is 2. The topological polar surface area (TPSA) is 197 Å². The van der Waals surface area contributed by atoms with Crippen LogP contribution in [0.4, 0.5) is 0 Å². The summed E-state index contributed by atoms with van der Waals surface area (Å²) in [6.45, 7) is -0.756. The second-order valence-corrected chi connectivity index (χ2v) is 10.5. The number of primary amides is 1. The maximum absolute atomic E-state index is 13.1. The molecule has 2 rings (SSSR count). The summed E-state index contributed by atoms with van der Waals surface area (Å²) in [4.78, 5) is 63.8. The maximum atomic E-state index is 13.1. The molecule has 0 saturated heterocycles. The molecule has 0 saturated carbocycles. The molecular weight excluding hydrogens is 548 g/mol. The summed E-state index contributed by atoms with van der Waals surface area (Å²) in [5.74, 6) is -2.24. The van der Waals surface area contributed by atoms with Gasteiger partial charge in [-0.05, 0) is 48.1 Å². The fraction of sp³-hybridized carbons (Fsp3) is 0.393. The number of thioether (sulfide) groups is 1. The number of aromatic hydroxyl groups is 1. The van der Waals surface area contributed by atoms with Crippen LogP contribution in [0.2, 0.25) is 0 Å². The molecule has 3 atom stereocenters. The predicted octanol–water partition coefficient (Wildman–Crippen LogP) is -0.713. The zero-order chi connectivity index (χ0) is 30.4. The third-order valence-electron chi connectivity index (χ3n) is 6.15. The van der Waals surface area contributed by atoms with Crippen molar-refractivity contribution in [2.24, 2.45) is 11.5 Å². The van der Waals surface area contributed by atoms with Crippen LogP contribution in [-0.4, -0.2) is 89.8 Å². The molecule has 0 aromatic heterocycles. The Bertz CT molecular complexity index is 1180. The van der Waals surface area contributed by atoms with Gasteiger partial charge in [-0.1, -0.05) is 42.5 Å². The van der Waals surface area contributed by atoms with Crippen LogP contribution < -0.4 is 27.4 Å². The lowest BCUT2D eigenvalue weighted by molar-refractivity contribution is -0.136. The molecule has 0 heterocycles. The monoisotopic (exact) mass is 586 g/mol. The molecule has 5 amide bonds. The van der Waals surface area contributed by atoms with Crippen molar-refractivity contribution in [1.82, 2.24) is 20.9 Å². The fourth-order valence-electron chi connectivity index (χ4n) is 3.80. The van der Waals surface area contributed by atoms with Crippen LogP contribution in [-0.2, 0) is 36.8 Å². The second kappa shape index (κ2) is 16.9. The van der Waals surface area contributed by atoms with Gasteiger partial charge in [-0.25, -0.2) is 0 Å². The first-order valence-electron chi connectivity index (χ1n) is 13.0. The van der Waals surface area contributed by atoms with Gasteiger partial charge in [0, 0.05) is 13.5 Å². The van der Waals surface area contributed by atoms with Crippen LogP contribution >= 0.6 is 11.8 Å². The quantitative estimate of drug-likeness (QED) is 0.148. The molecule has 0 spiro atoms. The third-order valence-corrected chi connectivity index (χ3v) is 6.80. The zero-order valence-electron chi connectivity index (χ0n) is 23.2. The number of hydrogen-bond donors (Lipinski definition) is 6. The number of nitrogens with zero attached hydrogens (tertiary/aromatic N) is 1. The lowest BCUT2D eigenvalue weighted by Gasteiger charge is -2.23. The molecule has 0 radical (unpaired) electrons. The maximum Gasteiger partial charge on any atom is 0.243 e. The van der Waals surface area contributed by atoms with E-state index in [1.54, 1.807) is 36.4 Å². The molecule has 0 aliphatic rings. The highest BCUT2D eigenvalue weighted by Gasteiger charge is 2.27. The van der Waals surface area contributed by atoms with Crippen molar-refractivity contribution in [3.05, 3.63) is 65.7 Å². The first-order valence-corrected chi connectivity index (χ1v) is 14.4. The van der Waals surface area contributed by atoms with Crippen molar-refractivity contribution < 1.29 is 29.1 Å². The smallest absolute Gasteiger partial charge is 0.243 e. The van der Waals surface area contributed by atoms with E-state index >= 15 is 0 Å². The van der Waals surface area contributed by atoms with Crippen LogP contribution in [0, 0.1) is 0 Å². The van der Waals surface area contributed by atoms with Crippen LogP contribution in [0.25, 0.3) is 0 Å². The highest BCUT2D eigenvalue weighted by atomic mass is 32.2. The normalized spacial score (nSPS) is 12.9. The van der Waals surface area contributed by atoms with Crippen LogP contribution in [0.1, 0.15) is 17.5 Å². The zero-order valence-corrected chi connectivity index (χ0v) is 24.0. The minimum Gasteiger partial charge on any atom is -0.508 e. The molecule has 8 N–H and O–H groups in total. The van der Waals surface area contributed by atoms with E-state index in [9.17, 15) is 29.1 Å². The Morgan fingerprint density at radius 1 is 0.902 bits per heavy atom. The first-order chi connectivity index (χ1) is 19.5. The standard InChI is InChI=1S/C28H38N6O6S/c1-34(25(37)16-31-27(39)21(29)14-19-8-10-20(35)11-9-19)17-24(36)32-23(15-18-6-4-3-5-7-18)28(40)33-22(26(30)38)12-13-41-2/h3-11,21-23,35H,12-17,29H2,1-2H3,(H2,30,38)(H,31,39)(H,32,36)(H,33,40)/t21-,22-,23-/m0/s1. The Morgan fingerprint density at radius 2 is 1.54 bits per heavy atom. The molecule has 0 aliphatic heterocycles. The van der Waals surface area contributed by atoms with Gasteiger partial charge in [0.05, 0.1) is 19.1 Å². The van der Waals surface area contributed by atoms with Gasteiger partial charge in [0.2, 0.25) is 29.5 Å². The molecule has 2 aromatic rings. The summed E-state index contributed by atoms with van der Waals surface area (Å²) in [5.41, 5.74) is 12.9. The van der Waals surface area contributed by atoms with E-state index < -0.39 is 47.7 Å². The van der Waals surface area contributed by atoms with Crippen LogP contribution in [0.3, 0.4) is 0 Å². The van der Waals surface area contributed by atoms with Gasteiger partial charge in [0.1, 0.15) is 17.8 Å². The van der Waals surface area contributed by atoms with Gasteiger partial charge in [0.15, 0.2) is 0 Å². The average Bonchev–Trinajstić information content (AvgIpc) is 2.94. The largest absolute Gasteiger partial charge is 0.508 e. The van der Waals surface area contributed by atoms with E-state index in [1.807, 2.05) is 12.3 Å². The number of nitrogens with two attached hydrogens (primary N) is 2.